The number of anilines is 1. The van der Waals surface area contributed by atoms with E-state index in [1.165, 1.54) is 0 Å². The van der Waals surface area contributed by atoms with Gasteiger partial charge in [-0.1, -0.05) is 31.2 Å². The summed E-state index contributed by atoms with van der Waals surface area (Å²) in [5, 5.41) is 12.2. The number of aryl methyl sites for hydroxylation is 1. The van der Waals surface area contributed by atoms with Gasteiger partial charge in [0.15, 0.2) is 11.5 Å². The van der Waals surface area contributed by atoms with Gasteiger partial charge < -0.3 is 14.8 Å². The van der Waals surface area contributed by atoms with Crippen molar-refractivity contribution < 1.29 is 14.3 Å². The molecule has 140 valence electrons. The number of ether oxygens (including phenoxy) is 2. The van der Waals surface area contributed by atoms with Crippen LogP contribution < -0.4 is 14.8 Å². The fraction of sp³-hybridized carbons (Fsp3) is 0.273. The van der Waals surface area contributed by atoms with Crippen LogP contribution >= 0.6 is 0 Å². The van der Waals surface area contributed by atoms with Crippen LogP contribution in [0.2, 0.25) is 0 Å². The van der Waals surface area contributed by atoms with Gasteiger partial charge >= 0.3 is 0 Å². The molecule has 5 nitrogen and oxygen atoms in total. The predicted molar refractivity (Wildman–Crippen MR) is 107 cm³/mol. The maximum absolute atomic E-state index is 12.5. The Morgan fingerprint density at radius 1 is 1.15 bits per heavy atom. The minimum Gasteiger partial charge on any atom is -0.490 e. The third-order valence-electron chi connectivity index (χ3n) is 3.80. The molecule has 2 rings (SSSR count). The Labute approximate surface area is 160 Å². The van der Waals surface area contributed by atoms with Crippen LogP contribution in [0.1, 0.15) is 31.4 Å². The number of rotatable bonds is 8. The lowest BCUT2D eigenvalue weighted by Gasteiger charge is -2.12. The average Bonchev–Trinajstić information content (AvgIpc) is 2.67. The second-order valence-corrected chi connectivity index (χ2v) is 5.93. The number of carbonyl (C=O) groups excluding carboxylic acids is 1. The van der Waals surface area contributed by atoms with Crippen molar-refractivity contribution in [1.29, 1.82) is 5.26 Å². The molecule has 0 saturated heterocycles. The van der Waals surface area contributed by atoms with Gasteiger partial charge in [-0.2, -0.15) is 5.26 Å². The predicted octanol–water partition coefficient (Wildman–Crippen LogP) is 4.73. The van der Waals surface area contributed by atoms with Crippen LogP contribution in [0, 0.1) is 18.3 Å². The van der Waals surface area contributed by atoms with Crippen LogP contribution in [0.4, 0.5) is 5.69 Å². The molecular formula is C22H24N2O3. The SMILES string of the molecule is CCCOc1ccc(/C=C(/C#N)C(=O)Nc2ccccc2C)cc1OCC. The molecule has 5 heteroatoms. The number of hydrogen-bond donors (Lipinski definition) is 1. The first-order chi connectivity index (χ1) is 13.1. The first-order valence-electron chi connectivity index (χ1n) is 8.97. The third-order valence-corrected chi connectivity index (χ3v) is 3.80. The molecule has 0 fully saturated rings. The normalized spacial score (nSPS) is 10.8. The zero-order valence-corrected chi connectivity index (χ0v) is 15.9. The number of carbonyl (C=O) groups is 1. The lowest BCUT2D eigenvalue weighted by Crippen LogP contribution is -2.14. The fourth-order valence-corrected chi connectivity index (χ4v) is 2.43. The van der Waals surface area contributed by atoms with E-state index in [4.69, 9.17) is 9.47 Å². The van der Waals surface area contributed by atoms with E-state index in [1.54, 1.807) is 30.3 Å². The second-order valence-electron chi connectivity index (χ2n) is 5.93. The molecule has 1 N–H and O–H groups in total. The molecule has 0 heterocycles. The molecular weight excluding hydrogens is 340 g/mol. The fourth-order valence-electron chi connectivity index (χ4n) is 2.43. The summed E-state index contributed by atoms with van der Waals surface area (Å²) in [6, 6.07) is 14.8. The van der Waals surface area contributed by atoms with Crippen LogP contribution in [-0.4, -0.2) is 19.1 Å². The van der Waals surface area contributed by atoms with Crippen LogP contribution in [0.5, 0.6) is 11.5 Å². The van der Waals surface area contributed by atoms with Gasteiger partial charge in [0, 0.05) is 5.69 Å². The van der Waals surface area contributed by atoms with Gasteiger partial charge in [0.05, 0.1) is 13.2 Å². The van der Waals surface area contributed by atoms with E-state index in [1.807, 2.05) is 45.0 Å². The van der Waals surface area contributed by atoms with Gasteiger partial charge in [-0.3, -0.25) is 4.79 Å². The summed E-state index contributed by atoms with van der Waals surface area (Å²) in [6.45, 7) is 6.91. The lowest BCUT2D eigenvalue weighted by molar-refractivity contribution is -0.112. The smallest absolute Gasteiger partial charge is 0.266 e. The molecule has 0 aliphatic rings. The largest absolute Gasteiger partial charge is 0.490 e. The molecule has 2 aromatic carbocycles. The molecule has 0 radical (unpaired) electrons. The Morgan fingerprint density at radius 2 is 1.93 bits per heavy atom. The quantitative estimate of drug-likeness (QED) is 0.543. The minimum atomic E-state index is -0.448. The summed E-state index contributed by atoms with van der Waals surface area (Å²) in [6.07, 6.45) is 2.44. The van der Waals surface area contributed by atoms with Crippen molar-refractivity contribution in [1.82, 2.24) is 0 Å². The summed E-state index contributed by atoms with van der Waals surface area (Å²) in [5.74, 6) is 0.797. The van der Waals surface area contributed by atoms with Crippen molar-refractivity contribution in [2.45, 2.75) is 27.2 Å². The Kier molecular flexibility index (Phi) is 7.45. The van der Waals surface area contributed by atoms with Gasteiger partial charge in [0.2, 0.25) is 0 Å². The van der Waals surface area contributed by atoms with Gasteiger partial charge in [0.1, 0.15) is 11.6 Å². The highest BCUT2D eigenvalue weighted by atomic mass is 16.5. The van der Waals surface area contributed by atoms with E-state index < -0.39 is 5.91 Å². The molecule has 0 saturated carbocycles. The van der Waals surface area contributed by atoms with E-state index in [-0.39, 0.29) is 5.57 Å². The van der Waals surface area contributed by atoms with Crippen molar-refractivity contribution in [3.8, 4) is 17.6 Å². The van der Waals surface area contributed by atoms with E-state index in [0.717, 1.165) is 12.0 Å². The Hall–Kier alpha value is -3.26. The highest BCUT2D eigenvalue weighted by molar-refractivity contribution is 6.10. The maximum Gasteiger partial charge on any atom is 0.266 e. The number of nitriles is 1. The molecule has 0 unspecified atom stereocenters. The molecule has 0 aliphatic heterocycles. The number of amides is 1. The number of nitrogens with zero attached hydrogens (tertiary/aromatic N) is 1. The maximum atomic E-state index is 12.5. The summed E-state index contributed by atoms with van der Waals surface area (Å²) >= 11 is 0. The molecule has 0 atom stereocenters. The van der Waals surface area contributed by atoms with Crippen LogP contribution in [0.15, 0.2) is 48.0 Å². The Balaban J connectivity index is 2.25. The molecule has 0 aromatic heterocycles. The molecule has 0 aliphatic carbocycles. The van der Waals surface area contributed by atoms with Crippen molar-refractivity contribution in [3.05, 3.63) is 59.2 Å². The van der Waals surface area contributed by atoms with Gasteiger partial charge in [0.25, 0.3) is 5.91 Å². The standard InChI is InChI=1S/C22H24N2O3/c1-4-12-27-20-11-10-17(14-21(20)26-5-2)13-18(15-23)22(25)24-19-9-7-6-8-16(19)3/h6-11,13-14H,4-5,12H2,1-3H3,(H,24,25)/b18-13-. The van der Waals surface area contributed by atoms with Gasteiger partial charge in [-0.15, -0.1) is 0 Å². The number of hydrogen-bond acceptors (Lipinski definition) is 4. The van der Waals surface area contributed by atoms with Gasteiger partial charge in [-0.05, 0) is 55.7 Å². The highest BCUT2D eigenvalue weighted by Gasteiger charge is 2.12. The zero-order chi connectivity index (χ0) is 19.6. The van der Waals surface area contributed by atoms with Crippen LogP contribution in [0.25, 0.3) is 6.08 Å². The van der Waals surface area contributed by atoms with E-state index >= 15 is 0 Å². The first-order valence-corrected chi connectivity index (χ1v) is 8.97. The number of benzene rings is 2. The van der Waals surface area contributed by atoms with Crippen LogP contribution in [-0.2, 0) is 4.79 Å². The molecule has 0 bridgehead atoms. The Bertz CT molecular complexity index is 866. The summed E-state index contributed by atoms with van der Waals surface area (Å²) in [7, 11) is 0. The first kappa shape index (κ1) is 20.1. The van der Waals surface area contributed by atoms with E-state index in [2.05, 4.69) is 5.32 Å². The van der Waals surface area contributed by atoms with Crippen molar-refractivity contribution >= 4 is 17.7 Å². The number of para-hydroxylation sites is 1. The van der Waals surface area contributed by atoms with Gasteiger partial charge in [-0.25, -0.2) is 0 Å². The van der Waals surface area contributed by atoms with E-state index in [9.17, 15) is 10.1 Å². The van der Waals surface area contributed by atoms with Crippen molar-refractivity contribution in [2.24, 2.45) is 0 Å². The zero-order valence-electron chi connectivity index (χ0n) is 15.9. The highest BCUT2D eigenvalue weighted by Crippen LogP contribution is 2.29. The number of nitrogens with one attached hydrogen (secondary N) is 1. The summed E-state index contributed by atoms with van der Waals surface area (Å²) in [5.41, 5.74) is 2.32. The third kappa shape index (κ3) is 5.61. The molecule has 27 heavy (non-hydrogen) atoms. The van der Waals surface area contributed by atoms with Crippen molar-refractivity contribution in [3.63, 3.8) is 0 Å². The second kappa shape index (κ2) is 10.0. The topological polar surface area (TPSA) is 71.3 Å². The minimum absolute atomic E-state index is 0.0166. The lowest BCUT2D eigenvalue weighted by atomic mass is 10.1. The summed E-state index contributed by atoms with van der Waals surface area (Å²) in [4.78, 5) is 12.5. The average molecular weight is 364 g/mol. The molecule has 1 amide bonds. The molecule has 0 spiro atoms. The molecule has 2 aromatic rings. The van der Waals surface area contributed by atoms with E-state index in [0.29, 0.717) is 36.0 Å². The summed E-state index contributed by atoms with van der Waals surface area (Å²) < 4.78 is 11.3. The monoisotopic (exact) mass is 364 g/mol. The van der Waals surface area contributed by atoms with Crippen molar-refractivity contribution in [2.75, 3.05) is 18.5 Å². The van der Waals surface area contributed by atoms with Crippen LogP contribution in [0.3, 0.4) is 0 Å². The Morgan fingerprint density at radius 3 is 2.59 bits per heavy atom.